The lowest BCUT2D eigenvalue weighted by Crippen LogP contribution is -2.62. The largest absolute Gasteiger partial charge is 0.313 e. The minimum Gasteiger partial charge on any atom is -0.313 e. The lowest BCUT2D eigenvalue weighted by molar-refractivity contribution is 0.0554. The summed E-state index contributed by atoms with van der Waals surface area (Å²) in [6.45, 7) is 10.8. The highest BCUT2D eigenvalue weighted by atomic mass is 15.0. The van der Waals surface area contributed by atoms with E-state index < -0.39 is 0 Å². The lowest BCUT2D eigenvalue weighted by Gasteiger charge is -2.58. The molecule has 0 saturated carbocycles. The zero-order valence-corrected chi connectivity index (χ0v) is 11.4. The molecule has 1 fully saturated rings. The Labute approximate surface area is 105 Å². The molecule has 92 valence electrons. The number of hydrogen-bond acceptors (Lipinski definition) is 1. The Morgan fingerprint density at radius 3 is 2.76 bits per heavy atom. The van der Waals surface area contributed by atoms with Crippen LogP contribution < -0.4 is 5.32 Å². The number of nitrogens with one attached hydrogen (secondary N) is 1. The van der Waals surface area contributed by atoms with E-state index in [1.807, 2.05) is 0 Å². The maximum atomic E-state index is 3.73. The fourth-order valence-electron chi connectivity index (χ4n) is 4.14. The van der Waals surface area contributed by atoms with Gasteiger partial charge in [0, 0.05) is 11.5 Å². The molecule has 1 saturated heterocycles. The summed E-state index contributed by atoms with van der Waals surface area (Å²) in [6, 6.07) is 7.46. The van der Waals surface area contributed by atoms with Crippen LogP contribution in [0.25, 0.3) is 0 Å². The molecule has 2 bridgehead atoms. The Hall–Kier alpha value is -0.820. The third kappa shape index (κ3) is 1.29. The van der Waals surface area contributed by atoms with Crippen molar-refractivity contribution in [2.75, 3.05) is 6.54 Å². The zero-order valence-electron chi connectivity index (χ0n) is 11.4. The highest BCUT2D eigenvalue weighted by Crippen LogP contribution is 2.54. The first-order chi connectivity index (χ1) is 7.97. The maximum Gasteiger partial charge on any atom is 0.0167 e. The summed E-state index contributed by atoms with van der Waals surface area (Å²) < 4.78 is 0. The van der Waals surface area contributed by atoms with Crippen LogP contribution in [0.1, 0.15) is 43.9 Å². The first-order valence-corrected chi connectivity index (χ1v) is 6.79. The van der Waals surface area contributed by atoms with Crippen molar-refractivity contribution in [1.82, 2.24) is 5.32 Å². The molecule has 0 radical (unpaired) electrons. The van der Waals surface area contributed by atoms with Crippen LogP contribution in [-0.4, -0.2) is 12.6 Å². The second-order valence-corrected chi connectivity index (χ2v) is 6.62. The van der Waals surface area contributed by atoms with Crippen LogP contribution in [0.4, 0.5) is 0 Å². The van der Waals surface area contributed by atoms with Crippen molar-refractivity contribution in [2.24, 2.45) is 5.41 Å². The Bertz CT molecular complexity index is 461. The summed E-state index contributed by atoms with van der Waals surface area (Å²) in [5.74, 6) is 0. The van der Waals surface area contributed by atoms with Gasteiger partial charge in [-0.15, -0.1) is 0 Å². The molecule has 2 aliphatic rings. The van der Waals surface area contributed by atoms with Gasteiger partial charge in [0.15, 0.2) is 0 Å². The molecule has 0 unspecified atom stereocenters. The van der Waals surface area contributed by atoms with E-state index in [1.165, 1.54) is 24.9 Å². The summed E-state index contributed by atoms with van der Waals surface area (Å²) in [5, 5.41) is 3.73. The normalized spacial score (nSPS) is 34.2. The fourth-order valence-corrected chi connectivity index (χ4v) is 4.14. The topological polar surface area (TPSA) is 12.0 Å². The minimum absolute atomic E-state index is 0.335. The number of rotatable bonds is 0. The van der Waals surface area contributed by atoms with Gasteiger partial charge in [0.05, 0.1) is 0 Å². The molecule has 17 heavy (non-hydrogen) atoms. The average Bonchev–Trinajstić information content (AvgIpc) is 2.22. The standard InChI is InChI=1S/C16H23N/c1-11-6-5-7-12-10-13-15(2,3)16(4,14(11)12)8-9-17-13/h5-7,13,17H,8-10H2,1-4H3/t13-,16+/m1/s1. The Morgan fingerprint density at radius 2 is 2.00 bits per heavy atom. The molecule has 1 nitrogen and oxygen atoms in total. The summed E-state index contributed by atoms with van der Waals surface area (Å²) in [4.78, 5) is 0. The molecular weight excluding hydrogens is 206 g/mol. The highest BCUT2D eigenvalue weighted by Gasteiger charge is 2.53. The fraction of sp³-hybridized carbons (Fsp3) is 0.625. The predicted octanol–water partition coefficient (Wildman–Crippen LogP) is 3.20. The summed E-state index contributed by atoms with van der Waals surface area (Å²) in [5.41, 5.74) is 5.39. The first-order valence-electron chi connectivity index (χ1n) is 6.79. The van der Waals surface area contributed by atoms with Gasteiger partial charge in [0.2, 0.25) is 0 Å². The molecule has 1 aromatic carbocycles. The zero-order chi connectivity index (χ0) is 12.3. The van der Waals surface area contributed by atoms with E-state index in [-0.39, 0.29) is 0 Å². The number of hydrogen-bond donors (Lipinski definition) is 1. The van der Waals surface area contributed by atoms with E-state index in [4.69, 9.17) is 0 Å². The number of aryl methyl sites for hydroxylation is 1. The number of piperidine rings is 1. The Morgan fingerprint density at radius 1 is 1.24 bits per heavy atom. The molecule has 1 N–H and O–H groups in total. The third-order valence-electron chi connectivity index (χ3n) is 5.64. The van der Waals surface area contributed by atoms with Crippen molar-refractivity contribution in [3.05, 3.63) is 34.9 Å². The van der Waals surface area contributed by atoms with Gasteiger partial charge in [-0.25, -0.2) is 0 Å². The van der Waals surface area contributed by atoms with Crippen molar-refractivity contribution < 1.29 is 0 Å². The molecule has 0 aromatic heterocycles. The SMILES string of the molecule is Cc1cccc2c1[C@]1(C)CCN[C@H](C2)C1(C)C. The van der Waals surface area contributed by atoms with Crippen molar-refractivity contribution in [3.63, 3.8) is 0 Å². The second-order valence-electron chi connectivity index (χ2n) is 6.62. The molecule has 2 atom stereocenters. The average molecular weight is 229 g/mol. The highest BCUT2D eigenvalue weighted by molar-refractivity contribution is 5.46. The Balaban J connectivity index is 2.27. The van der Waals surface area contributed by atoms with E-state index >= 15 is 0 Å². The molecule has 0 spiro atoms. The maximum absolute atomic E-state index is 3.73. The van der Waals surface area contributed by atoms with Crippen LogP contribution in [0.3, 0.4) is 0 Å². The van der Waals surface area contributed by atoms with Gasteiger partial charge < -0.3 is 5.32 Å². The number of benzene rings is 1. The van der Waals surface area contributed by atoms with Crippen LogP contribution >= 0.6 is 0 Å². The van der Waals surface area contributed by atoms with E-state index in [0.29, 0.717) is 16.9 Å². The monoisotopic (exact) mass is 229 g/mol. The van der Waals surface area contributed by atoms with E-state index in [2.05, 4.69) is 51.2 Å². The molecule has 3 rings (SSSR count). The summed E-state index contributed by atoms with van der Waals surface area (Å²) in [6.07, 6.45) is 2.45. The van der Waals surface area contributed by atoms with Crippen LogP contribution in [0, 0.1) is 12.3 Å². The van der Waals surface area contributed by atoms with Crippen LogP contribution in [0.2, 0.25) is 0 Å². The van der Waals surface area contributed by atoms with Crippen molar-refractivity contribution >= 4 is 0 Å². The molecule has 0 amide bonds. The van der Waals surface area contributed by atoms with Gasteiger partial charge >= 0.3 is 0 Å². The minimum atomic E-state index is 0.335. The van der Waals surface area contributed by atoms with Gasteiger partial charge in [-0.05, 0) is 48.4 Å². The van der Waals surface area contributed by atoms with Crippen LogP contribution in [-0.2, 0) is 11.8 Å². The van der Waals surface area contributed by atoms with Gasteiger partial charge in [-0.2, -0.15) is 0 Å². The first kappa shape index (κ1) is 11.3. The summed E-state index contributed by atoms with van der Waals surface area (Å²) in [7, 11) is 0. The van der Waals surface area contributed by atoms with Crippen LogP contribution in [0.15, 0.2) is 18.2 Å². The van der Waals surface area contributed by atoms with Gasteiger partial charge in [0.1, 0.15) is 0 Å². The van der Waals surface area contributed by atoms with Crippen LogP contribution in [0.5, 0.6) is 0 Å². The molecule has 1 aromatic rings. The van der Waals surface area contributed by atoms with Crippen molar-refractivity contribution in [2.45, 2.75) is 52.0 Å². The smallest absolute Gasteiger partial charge is 0.0167 e. The van der Waals surface area contributed by atoms with Gasteiger partial charge in [-0.3, -0.25) is 0 Å². The predicted molar refractivity (Wildman–Crippen MR) is 72.4 cm³/mol. The molecule has 1 aliphatic heterocycles. The van der Waals surface area contributed by atoms with Gasteiger partial charge in [-0.1, -0.05) is 39.0 Å². The lowest BCUT2D eigenvalue weighted by atomic mass is 9.51. The summed E-state index contributed by atoms with van der Waals surface area (Å²) >= 11 is 0. The van der Waals surface area contributed by atoms with E-state index in [0.717, 1.165) is 0 Å². The van der Waals surface area contributed by atoms with Gasteiger partial charge in [0.25, 0.3) is 0 Å². The third-order valence-corrected chi connectivity index (χ3v) is 5.64. The number of fused-ring (bicyclic) bond motifs is 4. The molecule has 1 heterocycles. The van der Waals surface area contributed by atoms with E-state index in [1.54, 1.807) is 11.1 Å². The van der Waals surface area contributed by atoms with Crippen molar-refractivity contribution in [1.29, 1.82) is 0 Å². The molecule has 1 heteroatoms. The quantitative estimate of drug-likeness (QED) is 0.720. The van der Waals surface area contributed by atoms with Crippen molar-refractivity contribution in [3.8, 4) is 0 Å². The Kier molecular flexibility index (Phi) is 2.22. The second kappa shape index (κ2) is 3.35. The molecule has 1 aliphatic carbocycles. The molecular formula is C16H23N. The van der Waals surface area contributed by atoms with E-state index in [9.17, 15) is 0 Å².